The van der Waals surface area contributed by atoms with Gasteiger partial charge in [0.15, 0.2) is 0 Å². The number of ketones is 1. The van der Waals surface area contributed by atoms with Crippen LogP contribution < -0.4 is 4.74 Å². The molecule has 1 heterocycles. The zero-order valence-electron chi connectivity index (χ0n) is 12.9. The van der Waals surface area contributed by atoms with Gasteiger partial charge in [0.05, 0.1) is 7.11 Å². The fraction of sp³-hybridized carbons (Fsp3) is 0.316. The van der Waals surface area contributed by atoms with Gasteiger partial charge in [-0.05, 0) is 23.3 Å². The quantitative estimate of drug-likeness (QED) is 0.863. The van der Waals surface area contributed by atoms with Gasteiger partial charge in [0.1, 0.15) is 11.5 Å². The van der Waals surface area contributed by atoms with Crippen molar-refractivity contribution < 1.29 is 9.53 Å². The van der Waals surface area contributed by atoms with Crippen LogP contribution >= 0.6 is 0 Å². The minimum Gasteiger partial charge on any atom is -0.497 e. The van der Waals surface area contributed by atoms with E-state index >= 15 is 0 Å². The van der Waals surface area contributed by atoms with Gasteiger partial charge in [-0.2, -0.15) is 0 Å². The SMILES string of the molecule is COc1ccc(C2CC(=O)CCN2Cc2ccccc2)cc1. The standard InChI is InChI=1S/C19H21NO2/c1-22-18-9-7-16(8-10-18)19-13-17(21)11-12-20(19)14-15-5-3-2-4-6-15/h2-10,19H,11-14H2,1H3. The van der Waals surface area contributed by atoms with Gasteiger partial charge in [0.2, 0.25) is 0 Å². The fourth-order valence-electron chi connectivity index (χ4n) is 3.03. The summed E-state index contributed by atoms with van der Waals surface area (Å²) in [5.41, 5.74) is 2.47. The van der Waals surface area contributed by atoms with Crippen LogP contribution in [0.3, 0.4) is 0 Å². The molecule has 3 rings (SSSR count). The third-order valence-electron chi connectivity index (χ3n) is 4.27. The van der Waals surface area contributed by atoms with Gasteiger partial charge in [-0.25, -0.2) is 0 Å². The number of carbonyl (C=O) groups excluding carboxylic acids is 1. The summed E-state index contributed by atoms with van der Waals surface area (Å²) in [6, 6.07) is 18.7. The molecule has 1 atom stereocenters. The lowest BCUT2D eigenvalue weighted by molar-refractivity contribution is -0.123. The molecule has 0 aromatic heterocycles. The van der Waals surface area contributed by atoms with Gasteiger partial charge in [-0.15, -0.1) is 0 Å². The van der Waals surface area contributed by atoms with Gasteiger partial charge in [0.25, 0.3) is 0 Å². The Morgan fingerprint density at radius 1 is 1.09 bits per heavy atom. The highest BCUT2D eigenvalue weighted by Crippen LogP contribution is 2.31. The van der Waals surface area contributed by atoms with E-state index in [1.54, 1.807) is 7.11 Å². The van der Waals surface area contributed by atoms with Gasteiger partial charge >= 0.3 is 0 Å². The van der Waals surface area contributed by atoms with Crippen molar-refractivity contribution in [2.24, 2.45) is 0 Å². The molecular formula is C19H21NO2. The number of likely N-dealkylation sites (tertiary alicyclic amines) is 1. The zero-order chi connectivity index (χ0) is 15.4. The molecule has 1 aliphatic rings. The first-order valence-electron chi connectivity index (χ1n) is 7.70. The number of nitrogens with zero attached hydrogens (tertiary/aromatic N) is 1. The van der Waals surface area contributed by atoms with Crippen molar-refractivity contribution in [1.29, 1.82) is 0 Å². The predicted molar refractivity (Wildman–Crippen MR) is 86.8 cm³/mol. The van der Waals surface area contributed by atoms with Crippen molar-refractivity contribution in [2.45, 2.75) is 25.4 Å². The van der Waals surface area contributed by atoms with Gasteiger partial charge < -0.3 is 4.74 Å². The molecule has 3 nitrogen and oxygen atoms in total. The molecule has 114 valence electrons. The average Bonchev–Trinajstić information content (AvgIpc) is 2.57. The summed E-state index contributed by atoms with van der Waals surface area (Å²) in [5, 5.41) is 0. The van der Waals surface area contributed by atoms with E-state index in [9.17, 15) is 4.79 Å². The minimum atomic E-state index is 0.160. The second-order valence-corrected chi connectivity index (χ2v) is 5.74. The second-order valence-electron chi connectivity index (χ2n) is 5.74. The largest absolute Gasteiger partial charge is 0.497 e. The van der Waals surface area contributed by atoms with Gasteiger partial charge in [-0.3, -0.25) is 9.69 Å². The van der Waals surface area contributed by atoms with E-state index in [1.807, 2.05) is 18.2 Å². The lowest BCUT2D eigenvalue weighted by Crippen LogP contribution is -2.36. The average molecular weight is 295 g/mol. The number of piperidine rings is 1. The molecular weight excluding hydrogens is 274 g/mol. The van der Waals surface area contributed by atoms with Crippen molar-refractivity contribution in [1.82, 2.24) is 4.90 Å². The van der Waals surface area contributed by atoms with Crippen LogP contribution in [-0.2, 0) is 11.3 Å². The van der Waals surface area contributed by atoms with E-state index < -0.39 is 0 Å². The molecule has 1 unspecified atom stereocenters. The first-order chi connectivity index (χ1) is 10.8. The highest BCUT2D eigenvalue weighted by Gasteiger charge is 2.28. The summed E-state index contributed by atoms with van der Waals surface area (Å²) in [6.07, 6.45) is 1.25. The van der Waals surface area contributed by atoms with Crippen LogP contribution in [0, 0.1) is 0 Å². The Kier molecular flexibility index (Phi) is 4.54. The number of methoxy groups -OCH3 is 1. The van der Waals surface area contributed by atoms with Crippen LogP contribution in [0.2, 0.25) is 0 Å². The van der Waals surface area contributed by atoms with Crippen LogP contribution in [0.4, 0.5) is 0 Å². The van der Waals surface area contributed by atoms with Crippen molar-refractivity contribution in [2.75, 3.05) is 13.7 Å². The van der Waals surface area contributed by atoms with E-state index in [0.717, 1.165) is 18.8 Å². The second kappa shape index (κ2) is 6.75. The van der Waals surface area contributed by atoms with Crippen LogP contribution in [0.15, 0.2) is 54.6 Å². The van der Waals surface area contributed by atoms with Crippen LogP contribution in [0.5, 0.6) is 5.75 Å². The van der Waals surface area contributed by atoms with E-state index in [0.29, 0.717) is 18.6 Å². The van der Waals surface area contributed by atoms with Crippen LogP contribution in [-0.4, -0.2) is 24.3 Å². The van der Waals surface area contributed by atoms with E-state index in [1.165, 1.54) is 11.1 Å². The Hall–Kier alpha value is -2.13. The highest BCUT2D eigenvalue weighted by atomic mass is 16.5. The minimum absolute atomic E-state index is 0.160. The first kappa shape index (κ1) is 14.8. The molecule has 0 aliphatic carbocycles. The third kappa shape index (κ3) is 3.37. The summed E-state index contributed by atoms with van der Waals surface area (Å²) in [4.78, 5) is 14.3. The number of hydrogen-bond acceptors (Lipinski definition) is 3. The lowest BCUT2D eigenvalue weighted by Gasteiger charge is -2.35. The third-order valence-corrected chi connectivity index (χ3v) is 4.27. The predicted octanol–water partition coefficient (Wildman–Crippen LogP) is 3.60. The molecule has 3 heteroatoms. The van der Waals surface area contributed by atoms with E-state index in [4.69, 9.17) is 4.74 Å². The Morgan fingerprint density at radius 2 is 1.82 bits per heavy atom. The van der Waals surface area contributed by atoms with E-state index in [-0.39, 0.29) is 6.04 Å². The number of hydrogen-bond donors (Lipinski definition) is 0. The Balaban J connectivity index is 1.81. The molecule has 0 spiro atoms. The number of Topliss-reactive ketones (excluding diaryl/α,β-unsaturated/α-hetero) is 1. The Morgan fingerprint density at radius 3 is 2.50 bits per heavy atom. The molecule has 0 N–H and O–H groups in total. The maximum atomic E-state index is 11.9. The number of carbonyl (C=O) groups is 1. The van der Waals surface area contributed by atoms with Crippen LogP contribution in [0.25, 0.3) is 0 Å². The number of rotatable bonds is 4. The molecule has 0 radical (unpaired) electrons. The molecule has 0 saturated carbocycles. The maximum absolute atomic E-state index is 11.9. The molecule has 22 heavy (non-hydrogen) atoms. The van der Waals surface area contributed by atoms with Crippen molar-refractivity contribution in [3.8, 4) is 5.75 Å². The normalized spacial score (nSPS) is 19.1. The summed E-state index contributed by atoms with van der Waals surface area (Å²) in [7, 11) is 1.67. The Bertz CT molecular complexity index is 622. The number of benzene rings is 2. The number of ether oxygens (including phenoxy) is 1. The topological polar surface area (TPSA) is 29.5 Å². The molecule has 1 aliphatic heterocycles. The monoisotopic (exact) mass is 295 g/mol. The van der Waals surface area contributed by atoms with Crippen molar-refractivity contribution in [3.05, 3.63) is 65.7 Å². The van der Waals surface area contributed by atoms with E-state index in [2.05, 4.69) is 41.3 Å². The first-order valence-corrected chi connectivity index (χ1v) is 7.70. The summed E-state index contributed by atoms with van der Waals surface area (Å²) in [5.74, 6) is 1.20. The molecule has 1 saturated heterocycles. The summed E-state index contributed by atoms with van der Waals surface area (Å²) >= 11 is 0. The molecule has 2 aromatic rings. The zero-order valence-corrected chi connectivity index (χ0v) is 12.9. The molecule has 2 aromatic carbocycles. The van der Waals surface area contributed by atoms with Crippen molar-refractivity contribution in [3.63, 3.8) is 0 Å². The van der Waals surface area contributed by atoms with Gasteiger partial charge in [0, 0.05) is 32.0 Å². The molecule has 0 bridgehead atoms. The smallest absolute Gasteiger partial charge is 0.136 e. The highest BCUT2D eigenvalue weighted by molar-refractivity contribution is 5.80. The summed E-state index contributed by atoms with van der Waals surface area (Å²) in [6.45, 7) is 1.70. The Labute approximate surface area is 131 Å². The van der Waals surface area contributed by atoms with Crippen molar-refractivity contribution >= 4 is 5.78 Å². The molecule has 1 fully saturated rings. The van der Waals surface area contributed by atoms with Gasteiger partial charge in [-0.1, -0.05) is 42.5 Å². The van der Waals surface area contributed by atoms with Crippen LogP contribution in [0.1, 0.15) is 30.0 Å². The molecule has 0 amide bonds. The lowest BCUT2D eigenvalue weighted by atomic mass is 9.93. The maximum Gasteiger partial charge on any atom is 0.136 e. The summed E-state index contributed by atoms with van der Waals surface area (Å²) < 4.78 is 5.22. The fourth-order valence-corrected chi connectivity index (χ4v) is 3.03.